The van der Waals surface area contributed by atoms with Crippen LogP contribution in [0.4, 0.5) is 5.13 Å². The molecule has 1 aromatic heterocycles. The van der Waals surface area contributed by atoms with Gasteiger partial charge in [-0.15, -0.1) is 0 Å². The normalized spacial score (nSPS) is 24.2. The van der Waals surface area contributed by atoms with Gasteiger partial charge in [0.2, 0.25) is 5.91 Å². The smallest absolute Gasteiger partial charge is 0.265 e. The van der Waals surface area contributed by atoms with E-state index in [1.165, 1.54) is 11.3 Å². The van der Waals surface area contributed by atoms with Crippen molar-refractivity contribution in [2.24, 2.45) is 5.41 Å². The molecule has 6 nitrogen and oxygen atoms in total. The number of hydrogen-bond acceptors (Lipinski definition) is 5. The van der Waals surface area contributed by atoms with Crippen LogP contribution in [0.15, 0.2) is 0 Å². The van der Waals surface area contributed by atoms with Gasteiger partial charge in [0.15, 0.2) is 5.13 Å². The molecule has 0 bridgehead atoms. The first-order chi connectivity index (χ1) is 11.9. The molecule has 2 amide bonds. The molecular formula is C18H28N4O2S. The minimum Gasteiger partial charge on any atom is -0.375 e. The Balaban J connectivity index is 1.72. The Kier molecular flexibility index (Phi) is 5.32. The summed E-state index contributed by atoms with van der Waals surface area (Å²) in [7, 11) is 0. The predicted octanol–water partition coefficient (Wildman–Crippen LogP) is 2.68. The maximum Gasteiger partial charge on any atom is 0.265 e. The lowest BCUT2D eigenvalue weighted by Crippen LogP contribution is -2.55. The molecule has 25 heavy (non-hydrogen) atoms. The SMILES string of the molecule is CCCCN1C[C@]2(CCCN(C(=O)c3sc(N)nc3C)C2)CCC1=O. The van der Waals surface area contributed by atoms with Crippen molar-refractivity contribution >= 4 is 28.3 Å². The van der Waals surface area contributed by atoms with Crippen LogP contribution >= 0.6 is 11.3 Å². The first kappa shape index (κ1) is 18.2. The van der Waals surface area contributed by atoms with E-state index in [1.807, 2.05) is 16.7 Å². The molecule has 2 fully saturated rings. The molecule has 0 radical (unpaired) electrons. The number of carbonyl (C=O) groups excluding carboxylic acids is 2. The third-order valence-corrected chi connectivity index (χ3v) is 6.46. The molecule has 0 aliphatic carbocycles. The number of amides is 2. The molecule has 7 heteroatoms. The zero-order valence-electron chi connectivity index (χ0n) is 15.2. The van der Waals surface area contributed by atoms with E-state index in [1.54, 1.807) is 0 Å². The molecule has 2 aliphatic heterocycles. The first-order valence-electron chi connectivity index (χ1n) is 9.24. The van der Waals surface area contributed by atoms with Crippen molar-refractivity contribution in [3.05, 3.63) is 10.6 Å². The van der Waals surface area contributed by atoms with E-state index in [9.17, 15) is 9.59 Å². The number of anilines is 1. The quantitative estimate of drug-likeness (QED) is 0.891. The molecule has 1 atom stereocenters. The fourth-order valence-electron chi connectivity index (χ4n) is 4.13. The molecule has 1 spiro atoms. The van der Waals surface area contributed by atoms with Crippen molar-refractivity contribution in [2.45, 2.75) is 52.4 Å². The van der Waals surface area contributed by atoms with Crippen LogP contribution in [-0.4, -0.2) is 52.8 Å². The topological polar surface area (TPSA) is 79.5 Å². The second-order valence-electron chi connectivity index (χ2n) is 7.47. The summed E-state index contributed by atoms with van der Waals surface area (Å²) in [6, 6.07) is 0. The van der Waals surface area contributed by atoms with Crippen LogP contribution in [0.3, 0.4) is 0 Å². The zero-order chi connectivity index (χ0) is 18.0. The van der Waals surface area contributed by atoms with Gasteiger partial charge in [0.05, 0.1) is 5.69 Å². The van der Waals surface area contributed by atoms with E-state index in [0.29, 0.717) is 16.4 Å². The average Bonchev–Trinajstić information content (AvgIpc) is 2.94. The Morgan fingerprint density at radius 3 is 2.84 bits per heavy atom. The van der Waals surface area contributed by atoms with Crippen LogP contribution in [-0.2, 0) is 4.79 Å². The van der Waals surface area contributed by atoms with Crippen molar-refractivity contribution in [3.8, 4) is 0 Å². The Morgan fingerprint density at radius 2 is 2.16 bits per heavy atom. The molecule has 2 N–H and O–H groups in total. The third kappa shape index (κ3) is 3.81. The van der Waals surface area contributed by atoms with Gasteiger partial charge in [0, 0.05) is 38.0 Å². The maximum absolute atomic E-state index is 12.9. The Labute approximate surface area is 153 Å². The summed E-state index contributed by atoms with van der Waals surface area (Å²) in [5.74, 6) is 0.316. The number of rotatable bonds is 4. The maximum atomic E-state index is 12.9. The Morgan fingerprint density at radius 1 is 1.36 bits per heavy atom. The number of carbonyl (C=O) groups is 2. The fourth-order valence-corrected chi connectivity index (χ4v) is 4.93. The number of nitrogen functional groups attached to an aromatic ring is 1. The van der Waals surface area contributed by atoms with Crippen molar-refractivity contribution in [1.82, 2.24) is 14.8 Å². The van der Waals surface area contributed by atoms with Crippen LogP contribution in [0, 0.1) is 12.3 Å². The second-order valence-corrected chi connectivity index (χ2v) is 8.50. The van der Waals surface area contributed by atoms with E-state index in [0.717, 1.165) is 64.0 Å². The van der Waals surface area contributed by atoms with Gasteiger partial charge in [-0.1, -0.05) is 24.7 Å². The predicted molar refractivity (Wildman–Crippen MR) is 99.6 cm³/mol. The molecule has 0 unspecified atom stereocenters. The van der Waals surface area contributed by atoms with E-state index >= 15 is 0 Å². The van der Waals surface area contributed by atoms with Crippen LogP contribution in [0.25, 0.3) is 0 Å². The van der Waals surface area contributed by atoms with Gasteiger partial charge >= 0.3 is 0 Å². The highest BCUT2D eigenvalue weighted by molar-refractivity contribution is 7.17. The summed E-state index contributed by atoms with van der Waals surface area (Å²) in [5.41, 5.74) is 6.53. The highest BCUT2D eigenvalue weighted by atomic mass is 32.1. The molecule has 3 heterocycles. The van der Waals surface area contributed by atoms with Crippen LogP contribution < -0.4 is 5.73 Å². The lowest BCUT2D eigenvalue weighted by molar-refractivity contribution is -0.139. The first-order valence-corrected chi connectivity index (χ1v) is 10.1. The number of aryl methyl sites for hydroxylation is 1. The molecule has 1 aromatic rings. The molecule has 2 saturated heterocycles. The number of thiazole rings is 1. The van der Waals surface area contributed by atoms with Gasteiger partial charge in [-0.25, -0.2) is 4.98 Å². The van der Waals surface area contributed by atoms with Crippen molar-refractivity contribution in [3.63, 3.8) is 0 Å². The summed E-state index contributed by atoms with van der Waals surface area (Å²) >= 11 is 1.27. The lowest BCUT2D eigenvalue weighted by Gasteiger charge is -2.48. The number of nitrogens with zero attached hydrogens (tertiary/aromatic N) is 3. The monoisotopic (exact) mass is 364 g/mol. The largest absolute Gasteiger partial charge is 0.375 e. The van der Waals surface area contributed by atoms with Gasteiger partial charge in [-0.3, -0.25) is 9.59 Å². The van der Waals surface area contributed by atoms with E-state index < -0.39 is 0 Å². The molecule has 2 aliphatic rings. The zero-order valence-corrected chi connectivity index (χ0v) is 16.0. The van der Waals surface area contributed by atoms with Gasteiger partial charge in [0.25, 0.3) is 5.91 Å². The average molecular weight is 365 g/mol. The number of piperidine rings is 2. The van der Waals surface area contributed by atoms with Crippen LogP contribution in [0.5, 0.6) is 0 Å². The number of hydrogen-bond donors (Lipinski definition) is 1. The van der Waals surface area contributed by atoms with E-state index in [-0.39, 0.29) is 17.2 Å². The van der Waals surface area contributed by atoms with E-state index in [2.05, 4.69) is 11.9 Å². The van der Waals surface area contributed by atoms with Crippen LogP contribution in [0.1, 0.15) is 60.8 Å². The summed E-state index contributed by atoms with van der Waals surface area (Å²) in [4.78, 5) is 34.0. The molecule has 0 aromatic carbocycles. The van der Waals surface area contributed by atoms with Crippen molar-refractivity contribution < 1.29 is 9.59 Å². The second kappa shape index (κ2) is 7.32. The molecular weight excluding hydrogens is 336 g/mol. The van der Waals surface area contributed by atoms with Gasteiger partial charge in [-0.2, -0.15) is 0 Å². The summed E-state index contributed by atoms with van der Waals surface area (Å²) in [6.07, 6.45) is 5.73. The van der Waals surface area contributed by atoms with Crippen molar-refractivity contribution in [2.75, 3.05) is 31.9 Å². The van der Waals surface area contributed by atoms with Gasteiger partial charge < -0.3 is 15.5 Å². The van der Waals surface area contributed by atoms with Crippen LogP contribution in [0.2, 0.25) is 0 Å². The van der Waals surface area contributed by atoms with E-state index in [4.69, 9.17) is 5.73 Å². The minimum atomic E-state index is 0.0442. The highest BCUT2D eigenvalue weighted by Crippen LogP contribution is 2.39. The fraction of sp³-hybridized carbons (Fsp3) is 0.722. The standard InChI is InChI=1S/C18H28N4O2S/c1-3-4-9-21-11-18(8-6-14(21)23)7-5-10-22(12-18)16(24)15-13(2)20-17(19)25-15/h3-12H2,1-2H3,(H2,19,20)/t18-/m0/s1. The third-order valence-electron chi connectivity index (χ3n) is 5.49. The number of likely N-dealkylation sites (tertiary alicyclic amines) is 2. The summed E-state index contributed by atoms with van der Waals surface area (Å²) in [6.45, 7) is 7.13. The lowest BCUT2D eigenvalue weighted by atomic mass is 9.73. The summed E-state index contributed by atoms with van der Waals surface area (Å²) in [5, 5.41) is 0.446. The Bertz CT molecular complexity index is 660. The number of nitrogens with two attached hydrogens (primary N) is 1. The van der Waals surface area contributed by atoms with Crippen molar-refractivity contribution in [1.29, 1.82) is 0 Å². The summed E-state index contributed by atoms with van der Waals surface area (Å²) < 4.78 is 0. The minimum absolute atomic E-state index is 0.0442. The Hall–Kier alpha value is -1.63. The van der Waals surface area contributed by atoms with Gasteiger partial charge in [0.1, 0.15) is 4.88 Å². The molecule has 0 saturated carbocycles. The molecule has 3 rings (SSSR count). The number of unbranched alkanes of at least 4 members (excludes halogenated alkanes) is 1. The highest BCUT2D eigenvalue weighted by Gasteiger charge is 2.43. The number of aromatic nitrogens is 1. The molecule has 138 valence electrons. The van der Waals surface area contributed by atoms with Gasteiger partial charge in [-0.05, 0) is 32.6 Å².